The Kier molecular flexibility index (Phi) is 6.15. The third-order valence-electron chi connectivity index (χ3n) is 4.34. The molecule has 1 N–H and O–H groups in total. The normalized spacial score (nSPS) is 14.8. The van der Waals surface area contributed by atoms with E-state index in [-0.39, 0.29) is 28.8 Å². The van der Waals surface area contributed by atoms with Crippen LogP contribution in [-0.2, 0) is 4.79 Å². The quantitative estimate of drug-likeness (QED) is 0.602. The fourth-order valence-corrected chi connectivity index (χ4v) is 3.34. The number of amides is 1. The maximum Gasteiger partial charge on any atom is 0.294 e. The molecule has 1 saturated heterocycles. The van der Waals surface area contributed by atoms with Crippen molar-refractivity contribution in [3.05, 3.63) is 62.6 Å². The van der Waals surface area contributed by atoms with Gasteiger partial charge in [0.25, 0.3) is 5.69 Å². The Hall–Kier alpha value is -2.35. The van der Waals surface area contributed by atoms with Crippen LogP contribution in [0.1, 0.15) is 0 Å². The van der Waals surface area contributed by atoms with Crippen LogP contribution in [0.25, 0.3) is 0 Å². The van der Waals surface area contributed by atoms with Gasteiger partial charge in [-0.1, -0.05) is 29.3 Å². The van der Waals surface area contributed by atoms with Gasteiger partial charge in [0.15, 0.2) is 0 Å². The van der Waals surface area contributed by atoms with Gasteiger partial charge in [-0.15, -0.1) is 0 Å². The zero-order valence-corrected chi connectivity index (χ0v) is 15.9. The Morgan fingerprint density at radius 3 is 2.44 bits per heavy atom. The molecule has 142 valence electrons. The average Bonchev–Trinajstić information content (AvgIpc) is 2.63. The van der Waals surface area contributed by atoms with Crippen LogP contribution in [0.15, 0.2) is 42.5 Å². The standard InChI is InChI=1S/C18H18Cl2N4O3/c19-13-2-1-3-15(10-13)23-8-6-22(7-9-23)12-18(25)21-16-5-4-14(20)11-17(16)24(26)27/h1-5,10-11H,6-9,12H2,(H,21,25). The molecule has 1 fully saturated rings. The number of anilines is 2. The number of hydrogen-bond donors (Lipinski definition) is 1. The average molecular weight is 409 g/mol. The highest BCUT2D eigenvalue weighted by Crippen LogP contribution is 2.27. The fourth-order valence-electron chi connectivity index (χ4n) is 2.99. The summed E-state index contributed by atoms with van der Waals surface area (Å²) in [4.78, 5) is 27.1. The van der Waals surface area contributed by atoms with Crippen LogP contribution in [0.3, 0.4) is 0 Å². The fraction of sp³-hybridized carbons (Fsp3) is 0.278. The molecule has 0 unspecified atom stereocenters. The van der Waals surface area contributed by atoms with Crippen molar-refractivity contribution >= 4 is 46.2 Å². The molecule has 0 spiro atoms. The monoisotopic (exact) mass is 408 g/mol. The summed E-state index contributed by atoms with van der Waals surface area (Å²) >= 11 is 11.8. The topological polar surface area (TPSA) is 78.7 Å². The maximum absolute atomic E-state index is 12.3. The second-order valence-corrected chi connectivity index (χ2v) is 7.08. The largest absolute Gasteiger partial charge is 0.369 e. The van der Waals surface area contributed by atoms with Gasteiger partial charge >= 0.3 is 0 Å². The highest BCUT2D eigenvalue weighted by Gasteiger charge is 2.21. The van der Waals surface area contributed by atoms with Gasteiger partial charge in [-0.05, 0) is 30.3 Å². The molecule has 1 aliphatic heterocycles. The number of nitrogens with one attached hydrogen (secondary N) is 1. The van der Waals surface area contributed by atoms with Crippen LogP contribution in [0.2, 0.25) is 10.0 Å². The number of piperazine rings is 1. The van der Waals surface area contributed by atoms with Gasteiger partial charge in [0.2, 0.25) is 5.91 Å². The molecular weight excluding hydrogens is 391 g/mol. The Balaban J connectivity index is 1.55. The van der Waals surface area contributed by atoms with E-state index in [0.717, 1.165) is 18.8 Å². The number of benzene rings is 2. The Bertz CT molecular complexity index is 854. The number of halogens is 2. The molecule has 7 nitrogen and oxygen atoms in total. The summed E-state index contributed by atoms with van der Waals surface area (Å²) in [6.07, 6.45) is 0. The zero-order chi connectivity index (χ0) is 19.4. The lowest BCUT2D eigenvalue weighted by molar-refractivity contribution is -0.383. The Morgan fingerprint density at radius 1 is 1.07 bits per heavy atom. The van der Waals surface area contributed by atoms with Gasteiger partial charge in [0.1, 0.15) is 5.69 Å². The van der Waals surface area contributed by atoms with Crippen LogP contribution in [0, 0.1) is 10.1 Å². The lowest BCUT2D eigenvalue weighted by atomic mass is 10.2. The number of nitro benzene ring substituents is 1. The summed E-state index contributed by atoms with van der Waals surface area (Å²) in [6, 6.07) is 11.8. The molecule has 0 radical (unpaired) electrons. The number of rotatable bonds is 5. The number of hydrogen-bond acceptors (Lipinski definition) is 5. The highest BCUT2D eigenvalue weighted by atomic mass is 35.5. The minimum absolute atomic E-state index is 0.145. The van der Waals surface area contributed by atoms with Crippen molar-refractivity contribution in [3.8, 4) is 0 Å². The smallest absolute Gasteiger partial charge is 0.294 e. The van der Waals surface area contributed by atoms with Gasteiger partial charge in [0.05, 0.1) is 11.5 Å². The number of carbonyl (C=O) groups excluding carboxylic acids is 1. The predicted octanol–water partition coefficient (Wildman–Crippen LogP) is 3.66. The molecule has 0 aromatic heterocycles. The highest BCUT2D eigenvalue weighted by molar-refractivity contribution is 6.31. The molecule has 0 bridgehead atoms. The molecule has 0 atom stereocenters. The Labute approximate surface area is 166 Å². The molecule has 3 rings (SSSR count). The minimum Gasteiger partial charge on any atom is -0.369 e. The number of nitro groups is 1. The van der Waals surface area contributed by atoms with E-state index in [1.165, 1.54) is 18.2 Å². The second kappa shape index (κ2) is 8.56. The van der Waals surface area contributed by atoms with E-state index in [1.807, 2.05) is 29.2 Å². The Morgan fingerprint density at radius 2 is 1.78 bits per heavy atom. The SMILES string of the molecule is O=C(CN1CCN(c2cccc(Cl)c2)CC1)Nc1ccc(Cl)cc1[N+](=O)[O-]. The third kappa shape index (κ3) is 5.09. The first-order chi connectivity index (χ1) is 12.9. The van der Waals surface area contributed by atoms with Crippen LogP contribution in [-0.4, -0.2) is 48.5 Å². The minimum atomic E-state index is -0.564. The van der Waals surface area contributed by atoms with Crippen LogP contribution in [0.5, 0.6) is 0 Å². The first-order valence-electron chi connectivity index (χ1n) is 8.39. The molecule has 2 aromatic rings. The van der Waals surface area contributed by atoms with Crippen molar-refractivity contribution in [3.63, 3.8) is 0 Å². The van der Waals surface area contributed by atoms with Gasteiger partial charge in [-0.3, -0.25) is 19.8 Å². The van der Waals surface area contributed by atoms with E-state index >= 15 is 0 Å². The second-order valence-electron chi connectivity index (χ2n) is 6.21. The van der Waals surface area contributed by atoms with E-state index in [1.54, 1.807) is 0 Å². The summed E-state index contributed by atoms with van der Waals surface area (Å²) in [5.74, 6) is -0.295. The van der Waals surface area contributed by atoms with Crippen molar-refractivity contribution in [1.82, 2.24) is 4.90 Å². The molecule has 0 saturated carbocycles. The molecule has 2 aromatic carbocycles. The predicted molar refractivity (Wildman–Crippen MR) is 107 cm³/mol. The van der Waals surface area contributed by atoms with Crippen molar-refractivity contribution in [2.75, 3.05) is 42.9 Å². The van der Waals surface area contributed by atoms with Gasteiger partial charge < -0.3 is 10.2 Å². The summed E-state index contributed by atoms with van der Waals surface area (Å²) in [7, 11) is 0. The van der Waals surface area contributed by atoms with E-state index in [9.17, 15) is 14.9 Å². The summed E-state index contributed by atoms with van der Waals surface area (Å²) < 4.78 is 0. The first kappa shape index (κ1) is 19.4. The van der Waals surface area contributed by atoms with Gasteiger partial charge in [0, 0.05) is 48.0 Å². The van der Waals surface area contributed by atoms with E-state index in [2.05, 4.69) is 10.2 Å². The summed E-state index contributed by atoms with van der Waals surface area (Å²) in [5.41, 5.74) is 0.983. The number of carbonyl (C=O) groups is 1. The van der Waals surface area contributed by atoms with Gasteiger partial charge in [-0.25, -0.2) is 0 Å². The molecule has 9 heteroatoms. The van der Waals surface area contributed by atoms with Crippen LogP contribution < -0.4 is 10.2 Å². The lowest BCUT2D eigenvalue weighted by Crippen LogP contribution is -2.48. The third-order valence-corrected chi connectivity index (χ3v) is 4.81. The summed E-state index contributed by atoms with van der Waals surface area (Å²) in [5, 5.41) is 14.7. The van der Waals surface area contributed by atoms with E-state index in [4.69, 9.17) is 23.2 Å². The van der Waals surface area contributed by atoms with Gasteiger partial charge in [-0.2, -0.15) is 0 Å². The van der Waals surface area contributed by atoms with Crippen LogP contribution in [0.4, 0.5) is 17.1 Å². The molecule has 27 heavy (non-hydrogen) atoms. The summed E-state index contributed by atoms with van der Waals surface area (Å²) in [6.45, 7) is 3.14. The molecular formula is C18H18Cl2N4O3. The van der Waals surface area contributed by atoms with Crippen molar-refractivity contribution in [1.29, 1.82) is 0 Å². The number of nitrogens with zero attached hydrogens (tertiary/aromatic N) is 3. The van der Waals surface area contributed by atoms with Crippen LogP contribution >= 0.6 is 23.2 Å². The lowest BCUT2D eigenvalue weighted by Gasteiger charge is -2.35. The van der Waals surface area contributed by atoms with E-state index in [0.29, 0.717) is 18.1 Å². The maximum atomic E-state index is 12.3. The van der Waals surface area contributed by atoms with Crippen molar-refractivity contribution in [2.24, 2.45) is 0 Å². The van der Waals surface area contributed by atoms with Crippen molar-refractivity contribution < 1.29 is 9.72 Å². The molecule has 0 aliphatic carbocycles. The molecule has 1 heterocycles. The first-order valence-corrected chi connectivity index (χ1v) is 9.14. The van der Waals surface area contributed by atoms with E-state index < -0.39 is 4.92 Å². The van der Waals surface area contributed by atoms with Crippen molar-refractivity contribution in [2.45, 2.75) is 0 Å². The molecule has 1 aliphatic rings. The zero-order valence-electron chi connectivity index (χ0n) is 14.4. The molecule has 1 amide bonds.